The highest BCUT2D eigenvalue weighted by Gasteiger charge is 2.22. The first-order valence-electron chi connectivity index (χ1n) is 8.66. The molecule has 25 heavy (non-hydrogen) atoms. The Balaban J connectivity index is 1.58. The molecule has 0 radical (unpaired) electrons. The first-order valence-corrected chi connectivity index (χ1v) is 8.66. The van der Waals surface area contributed by atoms with Crippen LogP contribution in [0.4, 0.5) is 4.79 Å². The summed E-state index contributed by atoms with van der Waals surface area (Å²) in [6, 6.07) is 8.26. The number of hydrogen-bond acceptors (Lipinski definition) is 3. The summed E-state index contributed by atoms with van der Waals surface area (Å²) in [5.74, 6) is -0.0830. The molecular weight excluding hydrogens is 318 g/mol. The van der Waals surface area contributed by atoms with E-state index < -0.39 is 11.7 Å². The van der Waals surface area contributed by atoms with Crippen LogP contribution in [-0.4, -0.2) is 47.1 Å². The number of hydrogen-bond donors (Lipinski definition) is 2. The van der Waals surface area contributed by atoms with Gasteiger partial charge in [-0.15, -0.1) is 0 Å². The number of carbonyl (C=O) groups excluding carboxylic acids is 2. The molecule has 0 unspecified atom stereocenters. The summed E-state index contributed by atoms with van der Waals surface area (Å²) in [7, 11) is 0. The SMILES string of the molecule is CC(C)(C)OC(=O)NCC(=O)N1CCc2[nH]c3ccccc3c2CC1. The molecule has 134 valence electrons. The van der Waals surface area contributed by atoms with Gasteiger partial charge in [-0.05, 0) is 38.8 Å². The maximum atomic E-state index is 12.4. The molecule has 1 aromatic heterocycles. The fourth-order valence-electron chi connectivity index (χ4n) is 3.18. The number of fused-ring (bicyclic) bond motifs is 3. The number of alkyl carbamates (subject to hydrolysis) is 1. The minimum absolute atomic E-state index is 0.0381. The average molecular weight is 343 g/mol. The van der Waals surface area contributed by atoms with Crippen LogP contribution in [0, 0.1) is 0 Å². The Bertz CT molecular complexity index is 789. The van der Waals surface area contributed by atoms with E-state index in [1.165, 1.54) is 16.6 Å². The third-order valence-electron chi connectivity index (χ3n) is 4.30. The van der Waals surface area contributed by atoms with Crippen molar-refractivity contribution < 1.29 is 14.3 Å². The number of para-hydroxylation sites is 1. The van der Waals surface area contributed by atoms with Gasteiger partial charge in [0.05, 0.1) is 0 Å². The molecular formula is C19H25N3O3. The predicted octanol–water partition coefficient (Wildman–Crippen LogP) is 2.62. The number of amides is 2. The lowest BCUT2D eigenvalue weighted by Gasteiger charge is -2.22. The number of aromatic amines is 1. The van der Waals surface area contributed by atoms with Gasteiger partial charge in [-0.3, -0.25) is 4.79 Å². The molecule has 0 spiro atoms. The Morgan fingerprint density at radius 1 is 1.20 bits per heavy atom. The number of nitrogens with one attached hydrogen (secondary N) is 2. The van der Waals surface area contributed by atoms with Crippen LogP contribution in [0.3, 0.4) is 0 Å². The van der Waals surface area contributed by atoms with Crippen LogP contribution in [0.5, 0.6) is 0 Å². The highest BCUT2D eigenvalue weighted by atomic mass is 16.6. The molecule has 1 aliphatic rings. The standard InChI is InChI=1S/C19H25N3O3/c1-19(2,3)25-18(24)20-12-17(23)22-10-8-14-13-6-4-5-7-15(13)21-16(14)9-11-22/h4-7,21H,8-12H2,1-3H3,(H,20,24). The van der Waals surface area contributed by atoms with Gasteiger partial charge in [0.25, 0.3) is 0 Å². The minimum atomic E-state index is -0.570. The highest BCUT2D eigenvalue weighted by molar-refractivity contribution is 5.85. The summed E-state index contributed by atoms with van der Waals surface area (Å²) >= 11 is 0. The number of aromatic nitrogens is 1. The molecule has 6 nitrogen and oxygen atoms in total. The second-order valence-electron chi connectivity index (χ2n) is 7.36. The van der Waals surface area contributed by atoms with Gasteiger partial charge >= 0.3 is 6.09 Å². The highest BCUT2D eigenvalue weighted by Crippen LogP contribution is 2.25. The zero-order valence-electron chi connectivity index (χ0n) is 15.0. The van der Waals surface area contributed by atoms with Crippen molar-refractivity contribution in [2.45, 2.75) is 39.2 Å². The quantitative estimate of drug-likeness (QED) is 0.880. The normalized spacial score (nSPS) is 14.8. The van der Waals surface area contributed by atoms with Crippen molar-refractivity contribution in [3.63, 3.8) is 0 Å². The topological polar surface area (TPSA) is 74.4 Å². The van der Waals surface area contributed by atoms with Gasteiger partial charge in [-0.1, -0.05) is 18.2 Å². The van der Waals surface area contributed by atoms with E-state index in [1.54, 1.807) is 25.7 Å². The minimum Gasteiger partial charge on any atom is -0.444 e. The van der Waals surface area contributed by atoms with E-state index in [1.807, 2.05) is 12.1 Å². The number of ether oxygens (including phenoxy) is 1. The van der Waals surface area contributed by atoms with E-state index in [9.17, 15) is 9.59 Å². The average Bonchev–Trinajstić information content (AvgIpc) is 2.75. The Hall–Kier alpha value is -2.50. The molecule has 0 saturated heterocycles. The third-order valence-corrected chi connectivity index (χ3v) is 4.30. The van der Waals surface area contributed by atoms with Crippen LogP contribution >= 0.6 is 0 Å². The van der Waals surface area contributed by atoms with Gasteiger partial charge in [0.1, 0.15) is 12.1 Å². The van der Waals surface area contributed by atoms with E-state index in [4.69, 9.17) is 4.74 Å². The van der Waals surface area contributed by atoms with Crippen molar-refractivity contribution in [3.05, 3.63) is 35.5 Å². The van der Waals surface area contributed by atoms with Crippen molar-refractivity contribution in [3.8, 4) is 0 Å². The van der Waals surface area contributed by atoms with Crippen LogP contribution < -0.4 is 5.32 Å². The Morgan fingerprint density at radius 2 is 1.92 bits per heavy atom. The van der Waals surface area contributed by atoms with Gasteiger partial charge in [0, 0.05) is 36.1 Å². The van der Waals surface area contributed by atoms with E-state index in [0.29, 0.717) is 13.1 Å². The Kier molecular flexibility index (Phi) is 4.70. The summed E-state index contributed by atoms with van der Waals surface area (Å²) in [5.41, 5.74) is 3.08. The lowest BCUT2D eigenvalue weighted by molar-refractivity contribution is -0.130. The number of benzene rings is 1. The van der Waals surface area contributed by atoms with Crippen molar-refractivity contribution in [1.82, 2.24) is 15.2 Å². The molecule has 1 aliphatic heterocycles. The van der Waals surface area contributed by atoms with Gasteiger partial charge in [0.2, 0.25) is 5.91 Å². The summed E-state index contributed by atoms with van der Waals surface area (Å²) in [5, 5.41) is 3.78. The number of nitrogens with zero attached hydrogens (tertiary/aromatic N) is 1. The van der Waals surface area contributed by atoms with Crippen molar-refractivity contribution in [2.24, 2.45) is 0 Å². The monoisotopic (exact) mass is 343 g/mol. The molecule has 2 amide bonds. The third kappa shape index (κ3) is 4.13. The number of carbonyl (C=O) groups is 2. The van der Waals surface area contributed by atoms with Gasteiger partial charge in [-0.25, -0.2) is 4.79 Å². The molecule has 0 fully saturated rings. The molecule has 0 aliphatic carbocycles. The van der Waals surface area contributed by atoms with Crippen molar-refractivity contribution in [1.29, 1.82) is 0 Å². The summed E-state index contributed by atoms with van der Waals surface area (Å²) in [6.45, 7) is 6.64. The largest absolute Gasteiger partial charge is 0.444 e. The van der Waals surface area contributed by atoms with Gasteiger partial charge < -0.3 is 19.9 Å². The second-order valence-corrected chi connectivity index (χ2v) is 7.36. The second kappa shape index (κ2) is 6.78. The molecule has 6 heteroatoms. The van der Waals surface area contributed by atoms with Gasteiger partial charge in [0.15, 0.2) is 0 Å². The Morgan fingerprint density at radius 3 is 2.68 bits per heavy atom. The van der Waals surface area contributed by atoms with Gasteiger partial charge in [-0.2, -0.15) is 0 Å². The van der Waals surface area contributed by atoms with E-state index in [2.05, 4.69) is 22.4 Å². The zero-order valence-corrected chi connectivity index (χ0v) is 15.0. The van der Waals surface area contributed by atoms with E-state index in [0.717, 1.165) is 18.4 Å². The summed E-state index contributed by atoms with van der Waals surface area (Å²) in [4.78, 5) is 29.4. The predicted molar refractivity (Wildman–Crippen MR) is 96.5 cm³/mol. The fourth-order valence-corrected chi connectivity index (χ4v) is 3.18. The van der Waals surface area contributed by atoms with E-state index >= 15 is 0 Å². The summed E-state index contributed by atoms with van der Waals surface area (Å²) < 4.78 is 5.16. The first-order chi connectivity index (χ1) is 11.8. The van der Waals surface area contributed by atoms with Crippen molar-refractivity contribution >= 4 is 22.9 Å². The number of H-pyrrole nitrogens is 1. The first kappa shape index (κ1) is 17.3. The molecule has 2 heterocycles. The molecule has 0 atom stereocenters. The lowest BCUT2D eigenvalue weighted by Crippen LogP contribution is -2.42. The molecule has 3 rings (SSSR count). The van der Waals surface area contributed by atoms with Crippen LogP contribution in [0.1, 0.15) is 32.0 Å². The molecule has 0 bridgehead atoms. The fraction of sp³-hybridized carbons (Fsp3) is 0.474. The molecule has 2 aromatic rings. The molecule has 2 N–H and O–H groups in total. The molecule has 1 aromatic carbocycles. The van der Waals surface area contributed by atoms with E-state index in [-0.39, 0.29) is 12.5 Å². The smallest absolute Gasteiger partial charge is 0.408 e. The van der Waals surface area contributed by atoms with Crippen LogP contribution in [-0.2, 0) is 22.4 Å². The molecule has 0 saturated carbocycles. The van der Waals surface area contributed by atoms with Crippen molar-refractivity contribution in [2.75, 3.05) is 19.6 Å². The summed E-state index contributed by atoms with van der Waals surface area (Å²) in [6.07, 6.45) is 1.05. The Labute approximate surface area is 147 Å². The van der Waals surface area contributed by atoms with Crippen LogP contribution in [0.25, 0.3) is 10.9 Å². The maximum Gasteiger partial charge on any atom is 0.408 e. The lowest BCUT2D eigenvalue weighted by atomic mass is 10.1. The number of rotatable bonds is 2. The zero-order chi connectivity index (χ0) is 18.0. The van der Waals surface area contributed by atoms with Crippen LogP contribution in [0.2, 0.25) is 0 Å². The van der Waals surface area contributed by atoms with Crippen LogP contribution in [0.15, 0.2) is 24.3 Å². The maximum absolute atomic E-state index is 12.4.